The Morgan fingerprint density at radius 1 is 1.50 bits per heavy atom. The molecule has 16 heavy (non-hydrogen) atoms. The normalized spacial score (nSPS) is 26.2. The van der Waals surface area contributed by atoms with Crippen LogP contribution in [0.1, 0.15) is 23.6 Å². The van der Waals surface area contributed by atoms with E-state index >= 15 is 0 Å². The zero-order valence-electron chi connectivity index (χ0n) is 9.91. The molecular weight excluding hydrogens is 203 g/mol. The standard InChI is InChI=1S/C13H19FN2/c1-9-3-4-11(14)6-12(9)13-5-10(7-15)8-16(13)2/h3-4,6,10,13H,5,7-8,15H2,1-2H3. The molecule has 0 bridgehead atoms. The highest BCUT2D eigenvalue weighted by Crippen LogP contribution is 2.35. The first-order valence-electron chi connectivity index (χ1n) is 5.78. The summed E-state index contributed by atoms with van der Waals surface area (Å²) in [6.45, 7) is 3.77. The molecule has 0 aromatic heterocycles. The van der Waals surface area contributed by atoms with Crippen molar-refractivity contribution in [2.45, 2.75) is 19.4 Å². The van der Waals surface area contributed by atoms with Crippen LogP contribution in [0.5, 0.6) is 0 Å². The third-order valence-electron chi connectivity index (χ3n) is 3.57. The predicted octanol–water partition coefficient (Wildman–Crippen LogP) is 2.09. The quantitative estimate of drug-likeness (QED) is 0.830. The van der Waals surface area contributed by atoms with Crippen LogP contribution < -0.4 is 5.73 Å². The molecule has 0 amide bonds. The van der Waals surface area contributed by atoms with Gasteiger partial charge in [-0.25, -0.2) is 4.39 Å². The molecule has 0 aliphatic carbocycles. The lowest BCUT2D eigenvalue weighted by Crippen LogP contribution is -2.21. The van der Waals surface area contributed by atoms with Gasteiger partial charge in [-0.2, -0.15) is 0 Å². The van der Waals surface area contributed by atoms with Crippen molar-refractivity contribution in [3.8, 4) is 0 Å². The Hall–Kier alpha value is -0.930. The highest BCUT2D eigenvalue weighted by molar-refractivity contribution is 5.30. The molecule has 2 rings (SSSR count). The third-order valence-corrected chi connectivity index (χ3v) is 3.57. The van der Waals surface area contributed by atoms with Gasteiger partial charge in [-0.05, 0) is 56.1 Å². The Bertz CT molecular complexity index is 378. The molecule has 2 unspecified atom stereocenters. The van der Waals surface area contributed by atoms with Crippen molar-refractivity contribution in [3.63, 3.8) is 0 Å². The van der Waals surface area contributed by atoms with Crippen molar-refractivity contribution < 1.29 is 4.39 Å². The van der Waals surface area contributed by atoms with Crippen LogP contribution in [0.4, 0.5) is 4.39 Å². The molecular formula is C13H19FN2. The number of benzene rings is 1. The minimum absolute atomic E-state index is 0.148. The van der Waals surface area contributed by atoms with Crippen LogP contribution in [0.25, 0.3) is 0 Å². The summed E-state index contributed by atoms with van der Waals surface area (Å²) in [6.07, 6.45) is 1.04. The molecule has 1 saturated heterocycles. The van der Waals surface area contributed by atoms with E-state index in [4.69, 9.17) is 5.73 Å². The van der Waals surface area contributed by atoms with Crippen molar-refractivity contribution in [1.82, 2.24) is 4.90 Å². The largest absolute Gasteiger partial charge is 0.330 e. The first-order chi connectivity index (χ1) is 7.61. The number of nitrogens with two attached hydrogens (primary N) is 1. The molecule has 1 fully saturated rings. The molecule has 1 aromatic carbocycles. The predicted molar refractivity (Wildman–Crippen MR) is 63.7 cm³/mol. The minimum Gasteiger partial charge on any atom is -0.330 e. The van der Waals surface area contributed by atoms with E-state index in [1.54, 1.807) is 6.07 Å². The zero-order valence-corrected chi connectivity index (χ0v) is 9.91. The second-order valence-electron chi connectivity index (χ2n) is 4.79. The van der Waals surface area contributed by atoms with Gasteiger partial charge in [0.15, 0.2) is 0 Å². The highest BCUT2D eigenvalue weighted by Gasteiger charge is 2.30. The number of halogens is 1. The summed E-state index contributed by atoms with van der Waals surface area (Å²) in [5, 5.41) is 0. The Labute approximate surface area is 96.2 Å². The van der Waals surface area contributed by atoms with Gasteiger partial charge in [0.05, 0.1) is 0 Å². The van der Waals surface area contributed by atoms with Crippen LogP contribution >= 0.6 is 0 Å². The molecule has 1 aromatic rings. The fraction of sp³-hybridized carbons (Fsp3) is 0.538. The summed E-state index contributed by atoms with van der Waals surface area (Å²) < 4.78 is 13.3. The van der Waals surface area contributed by atoms with Gasteiger partial charge in [-0.3, -0.25) is 4.90 Å². The third kappa shape index (κ3) is 2.11. The minimum atomic E-state index is -0.148. The van der Waals surface area contributed by atoms with Crippen LogP contribution in [-0.2, 0) is 0 Å². The van der Waals surface area contributed by atoms with Crippen molar-refractivity contribution in [2.75, 3.05) is 20.1 Å². The highest BCUT2D eigenvalue weighted by atomic mass is 19.1. The van der Waals surface area contributed by atoms with Gasteiger partial charge < -0.3 is 5.73 Å². The lowest BCUT2D eigenvalue weighted by atomic mass is 9.96. The number of hydrogen-bond donors (Lipinski definition) is 1. The van der Waals surface area contributed by atoms with Crippen LogP contribution in [0.15, 0.2) is 18.2 Å². The van der Waals surface area contributed by atoms with Gasteiger partial charge in [-0.15, -0.1) is 0 Å². The summed E-state index contributed by atoms with van der Waals surface area (Å²) >= 11 is 0. The molecule has 0 radical (unpaired) electrons. The van der Waals surface area contributed by atoms with E-state index in [9.17, 15) is 4.39 Å². The van der Waals surface area contributed by atoms with E-state index in [2.05, 4.69) is 11.9 Å². The van der Waals surface area contributed by atoms with Crippen molar-refractivity contribution in [2.24, 2.45) is 11.7 Å². The molecule has 2 nitrogen and oxygen atoms in total. The van der Waals surface area contributed by atoms with E-state index in [1.807, 2.05) is 13.0 Å². The van der Waals surface area contributed by atoms with Crippen molar-refractivity contribution >= 4 is 0 Å². The van der Waals surface area contributed by atoms with E-state index in [-0.39, 0.29) is 5.82 Å². The Morgan fingerprint density at radius 2 is 2.25 bits per heavy atom. The van der Waals surface area contributed by atoms with Crippen LogP contribution in [0.2, 0.25) is 0 Å². The SMILES string of the molecule is Cc1ccc(F)cc1C1CC(CN)CN1C. The smallest absolute Gasteiger partial charge is 0.123 e. The average molecular weight is 222 g/mol. The summed E-state index contributed by atoms with van der Waals surface area (Å²) in [7, 11) is 2.09. The fourth-order valence-electron chi connectivity index (χ4n) is 2.61. The molecule has 88 valence electrons. The fourth-order valence-corrected chi connectivity index (χ4v) is 2.61. The lowest BCUT2D eigenvalue weighted by Gasteiger charge is -2.21. The first-order valence-corrected chi connectivity index (χ1v) is 5.78. The van der Waals surface area contributed by atoms with Gasteiger partial charge in [0.25, 0.3) is 0 Å². The second kappa shape index (κ2) is 4.52. The summed E-state index contributed by atoms with van der Waals surface area (Å²) in [6, 6.07) is 5.36. The molecule has 2 atom stereocenters. The van der Waals surface area contributed by atoms with Crippen molar-refractivity contribution in [1.29, 1.82) is 0 Å². The monoisotopic (exact) mass is 222 g/mol. The molecule has 0 spiro atoms. The van der Waals surface area contributed by atoms with E-state index in [1.165, 1.54) is 6.07 Å². The second-order valence-corrected chi connectivity index (χ2v) is 4.79. The zero-order chi connectivity index (χ0) is 11.7. The van der Waals surface area contributed by atoms with Crippen LogP contribution in [0, 0.1) is 18.7 Å². The molecule has 1 heterocycles. The first kappa shape index (κ1) is 11.6. The average Bonchev–Trinajstić information content (AvgIpc) is 2.63. The van der Waals surface area contributed by atoms with E-state index < -0.39 is 0 Å². The molecule has 1 aliphatic heterocycles. The van der Waals surface area contributed by atoms with Gasteiger partial charge >= 0.3 is 0 Å². The summed E-state index contributed by atoms with van der Waals surface area (Å²) in [5.74, 6) is 0.392. The van der Waals surface area contributed by atoms with Crippen molar-refractivity contribution in [3.05, 3.63) is 35.1 Å². The number of aryl methyl sites for hydroxylation is 1. The van der Waals surface area contributed by atoms with Crippen LogP contribution in [-0.4, -0.2) is 25.0 Å². The number of hydrogen-bond acceptors (Lipinski definition) is 2. The van der Waals surface area contributed by atoms with Gasteiger partial charge in [0.2, 0.25) is 0 Å². The van der Waals surface area contributed by atoms with E-state index in [0.717, 1.165) is 30.6 Å². The number of likely N-dealkylation sites (tertiary alicyclic amines) is 1. The van der Waals surface area contributed by atoms with E-state index in [0.29, 0.717) is 12.0 Å². The van der Waals surface area contributed by atoms with Gasteiger partial charge in [-0.1, -0.05) is 6.07 Å². The molecule has 0 saturated carbocycles. The van der Waals surface area contributed by atoms with Gasteiger partial charge in [0.1, 0.15) is 5.82 Å². The Kier molecular flexibility index (Phi) is 3.26. The number of nitrogens with zero attached hydrogens (tertiary/aromatic N) is 1. The number of rotatable bonds is 2. The molecule has 3 heteroatoms. The topological polar surface area (TPSA) is 29.3 Å². The van der Waals surface area contributed by atoms with Crippen LogP contribution in [0.3, 0.4) is 0 Å². The molecule has 2 N–H and O–H groups in total. The summed E-state index contributed by atoms with van der Waals surface area (Å²) in [5.41, 5.74) is 7.98. The maximum atomic E-state index is 13.3. The lowest BCUT2D eigenvalue weighted by molar-refractivity contribution is 0.312. The molecule has 1 aliphatic rings. The maximum Gasteiger partial charge on any atom is 0.123 e. The summed E-state index contributed by atoms with van der Waals surface area (Å²) in [4.78, 5) is 2.28. The Morgan fingerprint density at radius 3 is 2.88 bits per heavy atom. The van der Waals surface area contributed by atoms with Gasteiger partial charge in [0, 0.05) is 12.6 Å². The Balaban J connectivity index is 2.27. The maximum absolute atomic E-state index is 13.3.